The minimum Gasteiger partial charge on any atom is -0.307 e. The normalized spacial score (nSPS) is 12.1. The third-order valence-corrected chi connectivity index (χ3v) is 13.8. The van der Waals surface area contributed by atoms with E-state index in [0.29, 0.717) is 11.0 Å². The summed E-state index contributed by atoms with van der Waals surface area (Å²) in [6, 6.07) is 44.7. The van der Waals surface area contributed by atoms with E-state index in [4.69, 9.17) is 0 Å². The van der Waals surface area contributed by atoms with Crippen molar-refractivity contribution in [2.45, 2.75) is 0 Å². The van der Waals surface area contributed by atoms with Crippen LogP contribution in [0.4, 0.5) is 22.0 Å². The second-order valence-electron chi connectivity index (χ2n) is 14.5. The Hall–Kier alpha value is -7.06. The molecule has 0 atom stereocenters. The van der Waals surface area contributed by atoms with Gasteiger partial charge in [0.1, 0.15) is 11.6 Å². The molecule has 4 heterocycles. The molecular weight excluding hydrogens is 790 g/mol. The number of benzene rings is 8. The number of nitriles is 1. The predicted molar refractivity (Wildman–Crippen MR) is 231 cm³/mol. The van der Waals surface area contributed by atoms with Gasteiger partial charge < -0.3 is 9.13 Å². The lowest BCUT2D eigenvalue weighted by molar-refractivity contribution is 0.381. The summed E-state index contributed by atoms with van der Waals surface area (Å²) in [6.45, 7) is 0. The summed E-state index contributed by atoms with van der Waals surface area (Å²) in [6.07, 6.45) is 0. The first-order valence-corrected chi connectivity index (χ1v) is 20.2. The zero-order valence-corrected chi connectivity index (χ0v) is 31.9. The van der Waals surface area contributed by atoms with E-state index < -0.39 is 34.6 Å². The summed E-state index contributed by atoms with van der Waals surface area (Å²) in [5, 5.41) is 18.7. The summed E-state index contributed by atoms with van der Waals surface area (Å²) in [5.41, 5.74) is 2.05. The van der Waals surface area contributed by atoms with Gasteiger partial charge in [-0.15, -0.1) is 22.7 Å². The first-order valence-electron chi connectivity index (χ1n) is 18.6. The number of para-hydroxylation sites is 2. The second-order valence-corrected chi connectivity index (χ2v) is 16.7. The Morgan fingerprint density at radius 3 is 1.29 bits per heavy atom. The molecule has 59 heavy (non-hydrogen) atoms. The molecule has 10 heteroatoms. The topological polar surface area (TPSA) is 33.6 Å². The zero-order chi connectivity index (χ0) is 39.8. The molecule has 0 fully saturated rings. The monoisotopic (exact) mass is 811 g/mol. The second kappa shape index (κ2) is 12.2. The summed E-state index contributed by atoms with van der Waals surface area (Å²) in [7, 11) is 0. The highest BCUT2D eigenvalue weighted by Gasteiger charge is 2.30. The number of thiophene rings is 2. The third-order valence-electron chi connectivity index (χ3n) is 11.5. The maximum absolute atomic E-state index is 16.1. The molecule has 0 aliphatic carbocycles. The van der Waals surface area contributed by atoms with E-state index >= 15 is 17.6 Å². The highest BCUT2D eigenvalue weighted by atomic mass is 32.1. The molecule has 0 saturated heterocycles. The van der Waals surface area contributed by atoms with Crippen molar-refractivity contribution in [2.75, 3.05) is 0 Å². The van der Waals surface area contributed by atoms with Crippen molar-refractivity contribution in [1.29, 1.82) is 5.26 Å². The van der Waals surface area contributed by atoms with Gasteiger partial charge in [0.15, 0.2) is 23.3 Å². The van der Waals surface area contributed by atoms with Crippen molar-refractivity contribution in [3.8, 4) is 28.6 Å². The average molecular weight is 812 g/mol. The van der Waals surface area contributed by atoms with E-state index in [0.717, 1.165) is 72.9 Å². The number of halogens is 5. The molecule has 0 radical (unpaired) electrons. The first kappa shape index (κ1) is 34.0. The minimum absolute atomic E-state index is 0.135. The fraction of sp³-hybridized carbons (Fsp3) is 0. The summed E-state index contributed by atoms with van der Waals surface area (Å²) >= 11 is 3.23. The number of rotatable bonds is 3. The van der Waals surface area contributed by atoms with E-state index in [-0.39, 0.29) is 22.5 Å². The SMILES string of the molecule is N#Cc1c(-n2c3ccccc3c3ccc4sc5ccccc5c4c32)cc(-c2c(F)c(F)c(F)c(F)c2F)cc1-n1c2ccccc2c2ccc3sc4ccccc4c3c21. The highest BCUT2D eigenvalue weighted by molar-refractivity contribution is 7.26. The predicted octanol–water partition coefficient (Wildman–Crippen LogP) is 14.9. The number of fused-ring (bicyclic) bond motifs is 14. The van der Waals surface area contributed by atoms with Crippen molar-refractivity contribution in [3.05, 3.63) is 168 Å². The van der Waals surface area contributed by atoms with Gasteiger partial charge in [0.25, 0.3) is 0 Å². The molecule has 0 unspecified atom stereocenters. The molecule has 8 aromatic carbocycles. The average Bonchev–Trinajstić information content (AvgIpc) is 4.02. The van der Waals surface area contributed by atoms with Crippen LogP contribution >= 0.6 is 22.7 Å². The largest absolute Gasteiger partial charge is 0.307 e. The van der Waals surface area contributed by atoms with E-state index in [1.807, 2.05) is 118 Å². The number of aromatic nitrogens is 2. The van der Waals surface area contributed by atoms with Crippen LogP contribution in [0.15, 0.2) is 133 Å². The van der Waals surface area contributed by atoms with Gasteiger partial charge in [-0.3, -0.25) is 0 Å². The van der Waals surface area contributed by atoms with Crippen molar-refractivity contribution in [2.24, 2.45) is 0 Å². The maximum Gasteiger partial charge on any atom is 0.200 e. The van der Waals surface area contributed by atoms with Crippen LogP contribution in [0, 0.1) is 40.4 Å². The van der Waals surface area contributed by atoms with Crippen LogP contribution in [0.1, 0.15) is 5.56 Å². The van der Waals surface area contributed by atoms with Crippen molar-refractivity contribution in [1.82, 2.24) is 9.13 Å². The van der Waals surface area contributed by atoms with Crippen molar-refractivity contribution < 1.29 is 22.0 Å². The molecule has 3 nitrogen and oxygen atoms in total. The zero-order valence-electron chi connectivity index (χ0n) is 30.2. The first-order chi connectivity index (χ1) is 28.8. The third kappa shape index (κ3) is 4.48. The maximum atomic E-state index is 16.1. The van der Waals surface area contributed by atoms with Crippen LogP contribution in [0.25, 0.3) is 106 Å². The molecule has 12 rings (SSSR count). The van der Waals surface area contributed by atoms with Gasteiger partial charge in [-0.05, 0) is 54.1 Å². The van der Waals surface area contributed by atoms with E-state index in [9.17, 15) is 9.65 Å². The molecular formula is C49H22F5N3S2. The molecule has 0 N–H and O–H groups in total. The van der Waals surface area contributed by atoms with Gasteiger partial charge in [-0.1, -0.05) is 84.9 Å². The summed E-state index contributed by atoms with van der Waals surface area (Å²) in [5.74, 6) is -10.3. The molecule has 0 aliphatic heterocycles. The van der Waals surface area contributed by atoms with Gasteiger partial charge in [-0.2, -0.15) is 5.26 Å². The Morgan fingerprint density at radius 1 is 0.424 bits per heavy atom. The Bertz CT molecular complexity index is 3640. The standard InChI is InChI=1S/C49H22F5N3S2/c50-43-40(44(51)46(53)47(54)45(43)52)24-21-34(56-32-13-5-1-9-25(32)27-17-19-38-41(48(27)56)29-11-3-7-15-36(29)58-38)31(23-55)35(22-24)57-33-14-6-2-10-26(33)28-18-20-39-42(49(28)57)30-12-4-8-16-37(30)59-39/h1-22H. The molecule has 0 amide bonds. The number of nitrogens with zero attached hydrogens (tertiary/aromatic N) is 3. The van der Waals surface area contributed by atoms with Gasteiger partial charge in [-0.25, -0.2) is 22.0 Å². The summed E-state index contributed by atoms with van der Waals surface area (Å²) in [4.78, 5) is 0. The van der Waals surface area contributed by atoms with Gasteiger partial charge in [0, 0.05) is 61.9 Å². The molecule has 0 saturated carbocycles. The van der Waals surface area contributed by atoms with Crippen LogP contribution in [-0.2, 0) is 0 Å². The number of hydrogen-bond donors (Lipinski definition) is 0. The highest BCUT2D eigenvalue weighted by Crippen LogP contribution is 2.48. The van der Waals surface area contributed by atoms with Crippen molar-refractivity contribution >= 4 is 107 Å². The minimum atomic E-state index is -2.25. The fourth-order valence-electron chi connectivity index (χ4n) is 9.11. The van der Waals surface area contributed by atoms with Crippen molar-refractivity contribution in [3.63, 3.8) is 0 Å². The van der Waals surface area contributed by atoms with Gasteiger partial charge in [0.05, 0.1) is 39.0 Å². The molecule has 0 bridgehead atoms. The lowest BCUT2D eigenvalue weighted by atomic mass is 9.98. The van der Waals surface area contributed by atoms with Crippen LogP contribution < -0.4 is 0 Å². The van der Waals surface area contributed by atoms with Gasteiger partial charge >= 0.3 is 0 Å². The van der Waals surface area contributed by atoms with Crippen LogP contribution in [0.2, 0.25) is 0 Å². The lowest BCUT2D eigenvalue weighted by Crippen LogP contribution is -2.08. The molecule has 12 aromatic rings. The summed E-state index contributed by atoms with van der Waals surface area (Å²) < 4.78 is 85.1. The Morgan fingerprint density at radius 2 is 0.831 bits per heavy atom. The Labute approximate surface area is 338 Å². The van der Waals surface area contributed by atoms with E-state index in [1.165, 1.54) is 12.1 Å². The molecule has 4 aromatic heterocycles. The van der Waals surface area contributed by atoms with Crippen LogP contribution in [0.3, 0.4) is 0 Å². The fourth-order valence-corrected chi connectivity index (χ4v) is 11.3. The molecule has 0 spiro atoms. The van der Waals surface area contributed by atoms with Gasteiger partial charge in [0.2, 0.25) is 5.82 Å². The van der Waals surface area contributed by atoms with E-state index in [2.05, 4.69) is 18.2 Å². The lowest BCUT2D eigenvalue weighted by Gasteiger charge is -2.19. The number of hydrogen-bond acceptors (Lipinski definition) is 3. The Kier molecular flexibility index (Phi) is 7.05. The quantitative estimate of drug-likeness (QED) is 0.0994. The Balaban J connectivity index is 1.34. The van der Waals surface area contributed by atoms with Crippen LogP contribution in [0.5, 0.6) is 0 Å². The smallest absolute Gasteiger partial charge is 0.200 e. The van der Waals surface area contributed by atoms with E-state index in [1.54, 1.807) is 22.7 Å². The molecule has 0 aliphatic rings. The molecule has 280 valence electrons. The van der Waals surface area contributed by atoms with Crippen LogP contribution in [-0.4, -0.2) is 9.13 Å².